The van der Waals surface area contributed by atoms with Crippen molar-refractivity contribution in [3.63, 3.8) is 0 Å². The van der Waals surface area contributed by atoms with E-state index in [1.807, 2.05) is 0 Å². The number of nitrogens with one attached hydrogen (secondary N) is 1. The van der Waals surface area contributed by atoms with Crippen LogP contribution in [-0.4, -0.2) is 45.5 Å². The van der Waals surface area contributed by atoms with Gasteiger partial charge in [0.25, 0.3) is 11.8 Å². The van der Waals surface area contributed by atoms with Crippen molar-refractivity contribution in [1.29, 1.82) is 0 Å². The Labute approximate surface area is 228 Å². The molecule has 39 heavy (non-hydrogen) atoms. The summed E-state index contributed by atoms with van der Waals surface area (Å²) in [7, 11) is 1.27. The lowest BCUT2D eigenvalue weighted by molar-refractivity contribution is -0.169. The Kier molecular flexibility index (Phi) is 7.05. The van der Waals surface area contributed by atoms with Gasteiger partial charge in [0.1, 0.15) is 5.82 Å². The number of rotatable bonds is 7. The summed E-state index contributed by atoms with van der Waals surface area (Å²) in [6.07, 6.45) is 12.7. The van der Waals surface area contributed by atoms with Crippen LogP contribution in [0.25, 0.3) is 0 Å². The molecule has 0 saturated heterocycles. The molecule has 2 aromatic rings. The smallest absolute Gasteiger partial charge is 0.337 e. The fraction of sp³-hybridized carbons (Fsp3) is 0.600. The predicted molar refractivity (Wildman–Crippen MR) is 143 cm³/mol. The number of nitrogens with two attached hydrogens (primary N) is 1. The molecule has 9 heteroatoms. The Morgan fingerprint density at radius 2 is 1.64 bits per heavy atom. The molecule has 5 saturated carbocycles. The Bertz CT molecular complexity index is 1230. The fourth-order valence-electron chi connectivity index (χ4n) is 7.96. The lowest BCUT2D eigenvalue weighted by Crippen LogP contribution is -2.51. The third-order valence-corrected chi connectivity index (χ3v) is 9.46. The third kappa shape index (κ3) is 5.14. The highest BCUT2D eigenvalue weighted by Gasteiger charge is 2.51. The van der Waals surface area contributed by atoms with Crippen LogP contribution in [0.1, 0.15) is 119 Å². The minimum atomic E-state index is -0.721. The number of carbonyl (C=O) groups excluding carboxylic acids is 3. The minimum Gasteiger partial charge on any atom is -0.465 e. The summed E-state index contributed by atoms with van der Waals surface area (Å²) in [5, 5.41) is 0.589. The number of hydrazine groups is 1. The number of carbonyl (C=O) groups is 3. The van der Waals surface area contributed by atoms with Crippen molar-refractivity contribution in [3.05, 3.63) is 52.6 Å². The molecular weight excluding hydrogens is 496 g/mol. The predicted octanol–water partition coefficient (Wildman–Crippen LogP) is 4.89. The Hall–Kier alpha value is -3.04. The number of amides is 2. The highest BCUT2D eigenvalue weighted by Crippen LogP contribution is 2.57. The topological polar surface area (TPSA) is 128 Å². The van der Waals surface area contributed by atoms with Crippen LogP contribution in [0.2, 0.25) is 0 Å². The molecule has 0 unspecified atom stereocenters. The molecule has 3 N–H and O–H groups in total. The number of esters is 1. The van der Waals surface area contributed by atoms with E-state index in [-0.39, 0.29) is 34.9 Å². The van der Waals surface area contributed by atoms with E-state index < -0.39 is 17.8 Å². The molecule has 7 rings (SSSR count). The van der Waals surface area contributed by atoms with Gasteiger partial charge in [0, 0.05) is 11.5 Å². The second-order valence-corrected chi connectivity index (χ2v) is 12.2. The zero-order valence-corrected chi connectivity index (χ0v) is 22.6. The molecule has 0 spiro atoms. The maximum Gasteiger partial charge on any atom is 0.337 e. The first-order chi connectivity index (χ1) is 18.8. The van der Waals surface area contributed by atoms with Gasteiger partial charge in [0.15, 0.2) is 5.69 Å². The summed E-state index contributed by atoms with van der Waals surface area (Å²) < 4.78 is 11.4. The van der Waals surface area contributed by atoms with E-state index in [1.165, 1.54) is 51.0 Å². The molecule has 1 aromatic heterocycles. The quantitative estimate of drug-likeness (QED) is 0.170. The molecule has 2 amide bonds. The molecule has 1 heterocycles. The van der Waals surface area contributed by atoms with E-state index in [0.717, 1.165) is 68.5 Å². The monoisotopic (exact) mass is 534 g/mol. The number of hydrogen-bond donors (Lipinski definition) is 2. The van der Waals surface area contributed by atoms with Crippen LogP contribution in [0, 0.1) is 17.8 Å². The number of benzene rings is 1. The zero-order chi connectivity index (χ0) is 27.1. The first kappa shape index (κ1) is 26.2. The van der Waals surface area contributed by atoms with Crippen molar-refractivity contribution < 1.29 is 23.9 Å². The highest BCUT2D eigenvalue weighted by atomic mass is 16.5. The van der Waals surface area contributed by atoms with Crippen molar-refractivity contribution in [1.82, 2.24) is 15.0 Å². The van der Waals surface area contributed by atoms with Gasteiger partial charge in [0.05, 0.1) is 30.6 Å². The first-order valence-electron chi connectivity index (χ1n) is 14.4. The molecule has 0 atom stereocenters. The van der Waals surface area contributed by atoms with Gasteiger partial charge in [-0.25, -0.2) is 20.6 Å². The molecular formula is C30H38N4O5. The number of imidazole rings is 1. The highest BCUT2D eigenvalue weighted by molar-refractivity contribution is 6.10. The Balaban J connectivity index is 1.24. The molecule has 0 aliphatic heterocycles. The van der Waals surface area contributed by atoms with Gasteiger partial charge >= 0.3 is 5.97 Å². The van der Waals surface area contributed by atoms with Crippen molar-refractivity contribution in [3.8, 4) is 0 Å². The fourth-order valence-corrected chi connectivity index (χ4v) is 7.96. The molecule has 5 aliphatic rings. The number of imide groups is 1. The minimum absolute atomic E-state index is 0.114. The number of ether oxygens (including phenoxy) is 2. The SMILES string of the molecule is COC(=O)c1cccc(C(=O)N(N)C(=O)c2nc(C3CCCCC3)[nH]c2COC23CC4CC(CC(C4)C2)C3)c1. The summed E-state index contributed by atoms with van der Waals surface area (Å²) in [5.74, 6) is 7.38. The van der Waals surface area contributed by atoms with Gasteiger partial charge in [-0.05, 0) is 87.3 Å². The van der Waals surface area contributed by atoms with Crippen molar-refractivity contribution in [2.75, 3.05) is 7.11 Å². The maximum atomic E-state index is 13.6. The molecule has 208 valence electrons. The second-order valence-electron chi connectivity index (χ2n) is 12.2. The number of aromatic nitrogens is 2. The number of hydrogen-bond acceptors (Lipinski definition) is 7. The van der Waals surface area contributed by atoms with Crippen LogP contribution in [0.15, 0.2) is 24.3 Å². The summed E-state index contributed by atoms with van der Waals surface area (Å²) in [6.45, 7) is 0.243. The van der Waals surface area contributed by atoms with Gasteiger partial charge in [-0.3, -0.25) is 9.59 Å². The molecule has 0 radical (unpaired) electrons. The maximum absolute atomic E-state index is 13.6. The van der Waals surface area contributed by atoms with E-state index in [0.29, 0.717) is 10.7 Å². The number of aromatic amines is 1. The van der Waals surface area contributed by atoms with E-state index >= 15 is 0 Å². The summed E-state index contributed by atoms with van der Waals surface area (Å²) in [4.78, 5) is 46.9. The number of H-pyrrole nitrogens is 1. The lowest BCUT2D eigenvalue weighted by atomic mass is 9.54. The van der Waals surface area contributed by atoms with Gasteiger partial charge in [-0.1, -0.05) is 25.3 Å². The van der Waals surface area contributed by atoms with Crippen LogP contribution in [0.3, 0.4) is 0 Å². The largest absolute Gasteiger partial charge is 0.465 e. The van der Waals surface area contributed by atoms with Crippen LogP contribution in [0.5, 0.6) is 0 Å². The van der Waals surface area contributed by atoms with E-state index in [4.69, 9.17) is 20.3 Å². The van der Waals surface area contributed by atoms with Crippen LogP contribution in [0.4, 0.5) is 0 Å². The van der Waals surface area contributed by atoms with Crippen LogP contribution >= 0.6 is 0 Å². The van der Waals surface area contributed by atoms with Gasteiger partial charge in [-0.15, -0.1) is 0 Å². The molecule has 5 fully saturated rings. The van der Waals surface area contributed by atoms with Gasteiger partial charge in [0.2, 0.25) is 0 Å². The first-order valence-corrected chi connectivity index (χ1v) is 14.4. The molecule has 1 aromatic carbocycles. The van der Waals surface area contributed by atoms with Crippen molar-refractivity contribution in [2.45, 2.75) is 88.8 Å². The normalized spacial score (nSPS) is 27.9. The average molecular weight is 535 g/mol. The van der Waals surface area contributed by atoms with Crippen molar-refractivity contribution in [2.24, 2.45) is 23.6 Å². The van der Waals surface area contributed by atoms with E-state index in [2.05, 4.69) is 4.98 Å². The van der Waals surface area contributed by atoms with E-state index in [9.17, 15) is 14.4 Å². The summed E-state index contributed by atoms with van der Waals surface area (Å²) in [5.41, 5.74) is 0.914. The summed E-state index contributed by atoms with van der Waals surface area (Å²) in [6, 6.07) is 5.97. The summed E-state index contributed by atoms with van der Waals surface area (Å²) >= 11 is 0. The third-order valence-electron chi connectivity index (χ3n) is 9.46. The molecule has 4 bridgehead atoms. The van der Waals surface area contributed by atoms with Crippen LogP contribution < -0.4 is 5.84 Å². The van der Waals surface area contributed by atoms with E-state index in [1.54, 1.807) is 6.07 Å². The zero-order valence-electron chi connectivity index (χ0n) is 22.6. The Morgan fingerprint density at radius 1 is 1.00 bits per heavy atom. The number of nitrogens with zero attached hydrogens (tertiary/aromatic N) is 2. The molecule has 5 aliphatic carbocycles. The van der Waals surface area contributed by atoms with Crippen molar-refractivity contribution >= 4 is 17.8 Å². The van der Waals surface area contributed by atoms with Gasteiger partial charge in [-0.2, -0.15) is 0 Å². The number of methoxy groups -OCH3 is 1. The molecule has 9 nitrogen and oxygen atoms in total. The van der Waals surface area contributed by atoms with Crippen LogP contribution in [-0.2, 0) is 16.1 Å². The standard InChI is InChI=1S/C30H38N4O5/c1-38-29(37)23-9-5-8-22(13-23)27(35)34(31)28(36)25-24(32-26(33-25)21-6-3-2-4-7-21)17-39-30-14-18-10-19(15-30)12-20(11-18)16-30/h5,8-9,13,18-21H,2-4,6-7,10-12,14-17,31H2,1H3,(H,32,33). The van der Waals surface area contributed by atoms with Gasteiger partial charge < -0.3 is 14.5 Å². The second kappa shape index (κ2) is 10.5. The Morgan fingerprint density at radius 3 is 2.28 bits per heavy atom. The average Bonchev–Trinajstić information content (AvgIpc) is 3.39. The lowest BCUT2D eigenvalue weighted by Gasteiger charge is -2.56.